The Balaban J connectivity index is 2.21. The van der Waals surface area contributed by atoms with E-state index < -0.39 is 23.5 Å². The fraction of sp³-hybridized carbons (Fsp3) is 0.133. The highest BCUT2D eigenvalue weighted by Crippen LogP contribution is 2.36. The minimum atomic E-state index is -4.54. The summed E-state index contributed by atoms with van der Waals surface area (Å²) < 4.78 is 43.5. The van der Waals surface area contributed by atoms with Gasteiger partial charge >= 0.3 is 12.1 Å². The Labute approximate surface area is 123 Å². The first-order valence-corrected chi connectivity index (χ1v) is 6.13. The van der Waals surface area contributed by atoms with Gasteiger partial charge < -0.3 is 14.9 Å². The predicted octanol–water partition coefficient (Wildman–Crippen LogP) is 3.69. The van der Waals surface area contributed by atoms with Gasteiger partial charge in [-0.05, 0) is 29.8 Å². The molecule has 2 aromatic rings. The summed E-state index contributed by atoms with van der Waals surface area (Å²) in [7, 11) is 0. The maximum Gasteiger partial charge on any atom is 0.419 e. The molecule has 0 saturated heterocycles. The van der Waals surface area contributed by atoms with Gasteiger partial charge in [0.1, 0.15) is 23.7 Å². The van der Waals surface area contributed by atoms with Gasteiger partial charge in [0.25, 0.3) is 0 Å². The van der Waals surface area contributed by atoms with Gasteiger partial charge in [0.15, 0.2) is 0 Å². The summed E-state index contributed by atoms with van der Waals surface area (Å²) >= 11 is 0. The standard InChI is InChI=1S/C15H11F3O4/c16-15(17,18)11-3-1-2-4-13(11)22-8-9-5-6-12(19)10(7-9)14(20)21/h1-7,19H,8H2,(H,20,21). The molecule has 0 saturated carbocycles. The van der Waals surface area contributed by atoms with Gasteiger partial charge in [0.2, 0.25) is 0 Å². The molecule has 0 radical (unpaired) electrons. The molecule has 0 atom stereocenters. The fourth-order valence-corrected chi connectivity index (χ4v) is 1.83. The Morgan fingerprint density at radius 3 is 2.45 bits per heavy atom. The molecule has 0 heterocycles. The second-order valence-electron chi connectivity index (χ2n) is 4.44. The van der Waals surface area contributed by atoms with Crippen LogP contribution in [-0.2, 0) is 12.8 Å². The number of benzene rings is 2. The van der Waals surface area contributed by atoms with Crippen LogP contribution in [0.25, 0.3) is 0 Å². The van der Waals surface area contributed by atoms with Crippen molar-refractivity contribution < 1.29 is 32.9 Å². The fourth-order valence-electron chi connectivity index (χ4n) is 1.83. The summed E-state index contributed by atoms with van der Waals surface area (Å²) in [5, 5.41) is 18.2. The van der Waals surface area contributed by atoms with Gasteiger partial charge in [0.05, 0.1) is 5.56 Å². The third-order valence-electron chi connectivity index (χ3n) is 2.88. The van der Waals surface area contributed by atoms with Crippen LogP contribution in [0.5, 0.6) is 11.5 Å². The first-order valence-electron chi connectivity index (χ1n) is 6.13. The number of ether oxygens (including phenoxy) is 1. The zero-order chi connectivity index (χ0) is 16.3. The van der Waals surface area contributed by atoms with Crippen molar-refractivity contribution >= 4 is 5.97 Å². The number of hydrogen-bond donors (Lipinski definition) is 2. The van der Waals surface area contributed by atoms with Crippen molar-refractivity contribution in [1.29, 1.82) is 0 Å². The summed E-state index contributed by atoms with van der Waals surface area (Å²) in [6, 6.07) is 8.41. The molecule has 2 aromatic carbocycles. The number of hydrogen-bond acceptors (Lipinski definition) is 3. The minimum absolute atomic E-state index is 0.256. The molecule has 7 heteroatoms. The highest BCUT2D eigenvalue weighted by Gasteiger charge is 2.34. The molecular formula is C15H11F3O4. The lowest BCUT2D eigenvalue weighted by atomic mass is 10.1. The normalized spacial score (nSPS) is 11.2. The molecule has 2 N–H and O–H groups in total. The molecule has 4 nitrogen and oxygen atoms in total. The van der Waals surface area contributed by atoms with Gasteiger partial charge in [-0.15, -0.1) is 0 Å². The number of carboxylic acid groups (broad SMARTS) is 1. The maximum atomic E-state index is 12.8. The number of halogens is 3. The predicted molar refractivity (Wildman–Crippen MR) is 70.8 cm³/mol. The summed E-state index contributed by atoms with van der Waals surface area (Å²) in [4.78, 5) is 10.9. The van der Waals surface area contributed by atoms with E-state index in [-0.39, 0.29) is 17.9 Å². The third-order valence-corrected chi connectivity index (χ3v) is 2.88. The van der Waals surface area contributed by atoms with E-state index in [2.05, 4.69) is 0 Å². The number of carbonyl (C=O) groups is 1. The van der Waals surface area contributed by atoms with Crippen LogP contribution in [0, 0.1) is 0 Å². The molecule has 0 bridgehead atoms. The second kappa shape index (κ2) is 5.97. The van der Waals surface area contributed by atoms with Crippen LogP contribution >= 0.6 is 0 Å². The number of para-hydroxylation sites is 1. The van der Waals surface area contributed by atoms with E-state index >= 15 is 0 Å². The lowest BCUT2D eigenvalue weighted by molar-refractivity contribution is -0.139. The third kappa shape index (κ3) is 3.49. The lowest BCUT2D eigenvalue weighted by Gasteiger charge is -2.14. The number of rotatable bonds is 4. The number of aromatic hydroxyl groups is 1. The molecule has 0 aromatic heterocycles. The number of aromatic carboxylic acids is 1. The monoisotopic (exact) mass is 312 g/mol. The topological polar surface area (TPSA) is 66.8 Å². The average molecular weight is 312 g/mol. The van der Waals surface area contributed by atoms with Gasteiger partial charge in [-0.3, -0.25) is 0 Å². The quantitative estimate of drug-likeness (QED) is 0.903. The highest BCUT2D eigenvalue weighted by atomic mass is 19.4. The number of carboxylic acids is 1. The Bertz CT molecular complexity index is 695. The molecule has 22 heavy (non-hydrogen) atoms. The summed E-state index contributed by atoms with van der Waals surface area (Å²) in [6.45, 7) is -0.256. The van der Waals surface area contributed by atoms with Crippen molar-refractivity contribution in [3.05, 3.63) is 59.2 Å². The highest BCUT2D eigenvalue weighted by molar-refractivity contribution is 5.90. The van der Waals surface area contributed by atoms with Crippen molar-refractivity contribution in [3.63, 3.8) is 0 Å². The zero-order valence-electron chi connectivity index (χ0n) is 11.1. The van der Waals surface area contributed by atoms with Crippen molar-refractivity contribution in [3.8, 4) is 11.5 Å². The molecule has 0 spiro atoms. The van der Waals surface area contributed by atoms with Crippen molar-refractivity contribution in [2.75, 3.05) is 0 Å². The smallest absolute Gasteiger partial charge is 0.419 e. The minimum Gasteiger partial charge on any atom is -0.507 e. The van der Waals surface area contributed by atoms with Gasteiger partial charge in [-0.25, -0.2) is 4.79 Å². The van der Waals surface area contributed by atoms with Gasteiger partial charge in [-0.2, -0.15) is 13.2 Å². The molecule has 0 fully saturated rings. The SMILES string of the molecule is O=C(O)c1cc(COc2ccccc2C(F)(F)F)ccc1O. The molecule has 0 aliphatic rings. The molecule has 2 rings (SSSR count). The Morgan fingerprint density at radius 2 is 1.82 bits per heavy atom. The molecule has 0 aliphatic carbocycles. The number of phenols is 1. The molecule has 0 unspecified atom stereocenters. The Morgan fingerprint density at radius 1 is 1.14 bits per heavy atom. The van der Waals surface area contributed by atoms with Gasteiger partial charge in [-0.1, -0.05) is 18.2 Å². The van der Waals surface area contributed by atoms with Crippen molar-refractivity contribution in [2.45, 2.75) is 12.8 Å². The summed E-state index contributed by atoms with van der Waals surface area (Å²) in [6.07, 6.45) is -4.54. The van der Waals surface area contributed by atoms with E-state index in [1.807, 2.05) is 0 Å². The van der Waals surface area contributed by atoms with Crippen molar-refractivity contribution in [1.82, 2.24) is 0 Å². The van der Waals surface area contributed by atoms with Crippen LogP contribution in [0.15, 0.2) is 42.5 Å². The maximum absolute atomic E-state index is 12.8. The van der Waals surface area contributed by atoms with E-state index in [9.17, 15) is 23.1 Å². The zero-order valence-corrected chi connectivity index (χ0v) is 11.1. The van der Waals surface area contributed by atoms with E-state index in [0.29, 0.717) is 5.56 Å². The first kappa shape index (κ1) is 15.7. The van der Waals surface area contributed by atoms with Gasteiger partial charge in [0, 0.05) is 0 Å². The molecule has 0 aliphatic heterocycles. The largest absolute Gasteiger partial charge is 0.507 e. The Hall–Kier alpha value is -2.70. The van der Waals surface area contributed by atoms with E-state index in [4.69, 9.17) is 9.84 Å². The van der Waals surface area contributed by atoms with Crippen LogP contribution in [0.3, 0.4) is 0 Å². The molecule has 116 valence electrons. The van der Waals surface area contributed by atoms with E-state index in [1.165, 1.54) is 24.3 Å². The lowest BCUT2D eigenvalue weighted by Crippen LogP contribution is -2.08. The number of alkyl halides is 3. The van der Waals surface area contributed by atoms with Crippen LogP contribution in [-0.4, -0.2) is 16.2 Å². The molecule has 0 amide bonds. The Kier molecular flexibility index (Phi) is 4.25. The average Bonchev–Trinajstić information content (AvgIpc) is 2.45. The van der Waals surface area contributed by atoms with Crippen molar-refractivity contribution in [2.24, 2.45) is 0 Å². The van der Waals surface area contributed by atoms with Crippen LogP contribution in [0.1, 0.15) is 21.5 Å². The van der Waals surface area contributed by atoms with E-state index in [1.54, 1.807) is 0 Å². The van der Waals surface area contributed by atoms with Crippen LogP contribution in [0.2, 0.25) is 0 Å². The van der Waals surface area contributed by atoms with Crippen LogP contribution in [0.4, 0.5) is 13.2 Å². The first-order chi connectivity index (χ1) is 10.3. The van der Waals surface area contributed by atoms with Crippen LogP contribution < -0.4 is 4.74 Å². The summed E-state index contributed by atoms with van der Waals surface area (Å²) in [5.41, 5.74) is -0.926. The van der Waals surface area contributed by atoms with E-state index in [0.717, 1.165) is 18.2 Å². The summed E-state index contributed by atoms with van der Waals surface area (Å²) in [5.74, 6) is -2.11. The molecular weight excluding hydrogens is 301 g/mol. The second-order valence-corrected chi connectivity index (χ2v) is 4.44.